The van der Waals surface area contributed by atoms with E-state index < -0.39 is 23.9 Å². The SMILES string of the molecule is COCNC(=O)NC1N=C(c2ccccc2F)c2ccccc2N(C)C1=O. The Kier molecular flexibility index (Phi) is 5.46. The van der Waals surface area contributed by atoms with E-state index in [-0.39, 0.29) is 12.3 Å². The minimum absolute atomic E-state index is 0.0211. The van der Waals surface area contributed by atoms with Crippen molar-refractivity contribution in [3.05, 3.63) is 65.5 Å². The van der Waals surface area contributed by atoms with Gasteiger partial charge in [0.05, 0.1) is 11.4 Å². The summed E-state index contributed by atoms with van der Waals surface area (Å²) in [6, 6.07) is 12.6. The summed E-state index contributed by atoms with van der Waals surface area (Å²) in [5.41, 5.74) is 1.71. The molecule has 0 bridgehead atoms. The Bertz CT molecular complexity index is 900. The van der Waals surface area contributed by atoms with Crippen LogP contribution in [0.25, 0.3) is 0 Å². The lowest BCUT2D eigenvalue weighted by Crippen LogP contribution is -2.49. The Morgan fingerprint density at radius 3 is 2.56 bits per heavy atom. The average Bonchev–Trinajstić information content (AvgIpc) is 2.78. The van der Waals surface area contributed by atoms with E-state index >= 15 is 0 Å². The molecule has 27 heavy (non-hydrogen) atoms. The minimum Gasteiger partial charge on any atom is -0.364 e. The van der Waals surface area contributed by atoms with Gasteiger partial charge in [-0.15, -0.1) is 0 Å². The predicted octanol–water partition coefficient (Wildman–Crippen LogP) is 1.87. The molecule has 0 fully saturated rings. The Morgan fingerprint density at radius 2 is 1.85 bits per heavy atom. The number of carbonyl (C=O) groups excluding carboxylic acids is 2. The summed E-state index contributed by atoms with van der Waals surface area (Å²) in [6.45, 7) is -0.0211. The molecule has 1 atom stereocenters. The van der Waals surface area contributed by atoms with Crippen molar-refractivity contribution in [2.45, 2.75) is 6.17 Å². The van der Waals surface area contributed by atoms with Crippen LogP contribution in [0, 0.1) is 5.82 Å². The fraction of sp³-hybridized carbons (Fsp3) is 0.211. The molecule has 2 aromatic carbocycles. The fourth-order valence-electron chi connectivity index (χ4n) is 2.80. The van der Waals surface area contributed by atoms with Gasteiger partial charge in [-0.25, -0.2) is 14.2 Å². The molecular weight excluding hydrogens is 351 g/mol. The van der Waals surface area contributed by atoms with Gasteiger partial charge in [-0.2, -0.15) is 0 Å². The Morgan fingerprint density at radius 1 is 1.19 bits per heavy atom. The molecule has 1 aliphatic rings. The number of methoxy groups -OCH3 is 1. The van der Waals surface area contributed by atoms with E-state index in [0.717, 1.165) is 0 Å². The van der Waals surface area contributed by atoms with Crippen LogP contribution in [0.5, 0.6) is 0 Å². The van der Waals surface area contributed by atoms with Crippen LogP contribution in [0.4, 0.5) is 14.9 Å². The van der Waals surface area contributed by atoms with E-state index in [2.05, 4.69) is 15.6 Å². The van der Waals surface area contributed by atoms with Crippen LogP contribution in [0.15, 0.2) is 53.5 Å². The maximum absolute atomic E-state index is 14.5. The van der Waals surface area contributed by atoms with Crippen molar-refractivity contribution in [3.8, 4) is 0 Å². The van der Waals surface area contributed by atoms with Crippen LogP contribution in [-0.2, 0) is 9.53 Å². The van der Waals surface area contributed by atoms with Gasteiger partial charge in [0.1, 0.15) is 12.5 Å². The van der Waals surface area contributed by atoms with Gasteiger partial charge < -0.3 is 20.3 Å². The summed E-state index contributed by atoms with van der Waals surface area (Å²) in [4.78, 5) is 30.6. The van der Waals surface area contributed by atoms with Crippen LogP contribution in [0.3, 0.4) is 0 Å². The smallest absolute Gasteiger partial charge is 0.318 e. The zero-order chi connectivity index (χ0) is 19.4. The van der Waals surface area contributed by atoms with Crippen molar-refractivity contribution in [2.24, 2.45) is 4.99 Å². The maximum atomic E-state index is 14.5. The molecule has 0 radical (unpaired) electrons. The highest BCUT2D eigenvalue weighted by Crippen LogP contribution is 2.27. The molecule has 1 heterocycles. The molecule has 7 nitrogen and oxygen atoms in total. The molecule has 140 valence electrons. The highest BCUT2D eigenvalue weighted by Gasteiger charge is 2.31. The van der Waals surface area contributed by atoms with Gasteiger partial charge in [-0.1, -0.05) is 30.3 Å². The van der Waals surface area contributed by atoms with E-state index in [1.165, 1.54) is 18.1 Å². The second-order valence-electron chi connectivity index (χ2n) is 5.86. The topological polar surface area (TPSA) is 83.0 Å². The molecule has 0 saturated carbocycles. The van der Waals surface area contributed by atoms with Gasteiger partial charge in [0, 0.05) is 25.3 Å². The lowest BCUT2D eigenvalue weighted by atomic mass is 10.00. The zero-order valence-electron chi connectivity index (χ0n) is 14.9. The molecule has 2 N–H and O–H groups in total. The fourth-order valence-corrected chi connectivity index (χ4v) is 2.80. The van der Waals surface area contributed by atoms with Crippen molar-refractivity contribution in [1.82, 2.24) is 10.6 Å². The third kappa shape index (κ3) is 3.80. The van der Waals surface area contributed by atoms with Crippen LogP contribution in [0.1, 0.15) is 11.1 Å². The largest absolute Gasteiger partial charge is 0.364 e. The highest BCUT2D eigenvalue weighted by molar-refractivity contribution is 6.20. The first-order valence-corrected chi connectivity index (χ1v) is 8.26. The quantitative estimate of drug-likeness (QED) is 0.806. The number of amides is 3. The first-order chi connectivity index (χ1) is 13.0. The van der Waals surface area contributed by atoms with Gasteiger partial charge in [-0.05, 0) is 18.2 Å². The Hall–Kier alpha value is -3.26. The van der Waals surface area contributed by atoms with Gasteiger partial charge in [0.25, 0.3) is 5.91 Å². The second-order valence-corrected chi connectivity index (χ2v) is 5.86. The van der Waals surface area contributed by atoms with E-state index in [0.29, 0.717) is 17.0 Å². The third-order valence-electron chi connectivity index (χ3n) is 4.12. The molecule has 0 aliphatic carbocycles. The standard InChI is InChI=1S/C19H19FN4O3/c1-24-15-10-6-4-8-13(15)16(12-7-3-5-9-14(12)20)22-17(18(24)25)23-19(26)21-11-27-2/h3-10,17H,11H2,1-2H3,(H2,21,23,26). The lowest BCUT2D eigenvalue weighted by molar-refractivity contribution is -0.119. The molecule has 0 saturated heterocycles. The summed E-state index contributed by atoms with van der Waals surface area (Å²) < 4.78 is 19.2. The molecule has 0 aromatic heterocycles. The first-order valence-electron chi connectivity index (χ1n) is 8.26. The second kappa shape index (κ2) is 7.96. The van der Waals surface area contributed by atoms with Crippen LogP contribution < -0.4 is 15.5 Å². The number of carbonyl (C=O) groups is 2. The van der Waals surface area contributed by atoms with Gasteiger partial charge >= 0.3 is 6.03 Å². The van der Waals surface area contributed by atoms with Gasteiger partial charge in [0.15, 0.2) is 0 Å². The maximum Gasteiger partial charge on any atom is 0.318 e. The summed E-state index contributed by atoms with van der Waals surface area (Å²) >= 11 is 0. The number of para-hydroxylation sites is 1. The monoisotopic (exact) mass is 370 g/mol. The predicted molar refractivity (Wildman–Crippen MR) is 99.2 cm³/mol. The number of rotatable bonds is 4. The van der Waals surface area contributed by atoms with Gasteiger partial charge in [0.2, 0.25) is 6.17 Å². The van der Waals surface area contributed by atoms with E-state index in [1.807, 2.05) is 0 Å². The zero-order valence-corrected chi connectivity index (χ0v) is 14.9. The molecule has 3 amide bonds. The van der Waals surface area contributed by atoms with Crippen LogP contribution >= 0.6 is 0 Å². The molecule has 2 aromatic rings. The number of halogens is 1. The van der Waals surface area contributed by atoms with Crippen molar-refractivity contribution < 1.29 is 18.7 Å². The number of hydrogen-bond donors (Lipinski definition) is 2. The number of likely N-dealkylation sites (N-methyl/N-ethyl adjacent to an activating group) is 1. The number of benzodiazepines with no additional fused rings is 1. The number of anilines is 1. The van der Waals surface area contributed by atoms with Crippen molar-refractivity contribution in [3.63, 3.8) is 0 Å². The highest BCUT2D eigenvalue weighted by atomic mass is 19.1. The number of aliphatic imine (C=N–C) groups is 1. The third-order valence-corrected chi connectivity index (χ3v) is 4.12. The summed E-state index contributed by atoms with van der Waals surface area (Å²) in [5.74, 6) is -0.910. The average molecular weight is 370 g/mol. The summed E-state index contributed by atoms with van der Waals surface area (Å²) in [6.07, 6.45) is -1.21. The molecule has 3 rings (SSSR count). The summed E-state index contributed by atoms with van der Waals surface area (Å²) in [7, 11) is 3.01. The van der Waals surface area contributed by atoms with Gasteiger partial charge in [-0.3, -0.25) is 4.79 Å². The number of fused-ring (bicyclic) bond motifs is 1. The summed E-state index contributed by atoms with van der Waals surface area (Å²) in [5, 5.41) is 4.93. The van der Waals surface area contributed by atoms with E-state index in [9.17, 15) is 14.0 Å². The Labute approximate surface area is 155 Å². The van der Waals surface area contributed by atoms with Crippen LogP contribution in [0.2, 0.25) is 0 Å². The number of benzene rings is 2. The van der Waals surface area contributed by atoms with E-state index in [4.69, 9.17) is 4.74 Å². The molecule has 8 heteroatoms. The number of nitrogens with one attached hydrogen (secondary N) is 2. The van der Waals surface area contributed by atoms with E-state index in [1.54, 1.807) is 49.5 Å². The van der Waals surface area contributed by atoms with Crippen molar-refractivity contribution in [1.29, 1.82) is 0 Å². The van der Waals surface area contributed by atoms with Crippen LogP contribution in [-0.4, -0.2) is 44.7 Å². The number of urea groups is 1. The number of hydrogen-bond acceptors (Lipinski definition) is 4. The molecule has 0 spiro atoms. The first kappa shape index (κ1) is 18.5. The molecule has 1 unspecified atom stereocenters. The normalized spacial score (nSPS) is 16.3. The Balaban J connectivity index is 2.09. The van der Waals surface area contributed by atoms with Crippen molar-refractivity contribution in [2.75, 3.05) is 25.8 Å². The molecular formula is C19H19FN4O3. The lowest BCUT2D eigenvalue weighted by Gasteiger charge is -2.20. The number of nitrogens with zero attached hydrogens (tertiary/aromatic N) is 2. The van der Waals surface area contributed by atoms with Crippen molar-refractivity contribution >= 4 is 23.3 Å². The molecule has 1 aliphatic heterocycles. The number of ether oxygens (including phenoxy) is 1. The minimum atomic E-state index is -1.21.